The van der Waals surface area contributed by atoms with Crippen molar-refractivity contribution in [3.8, 4) is 0 Å². The summed E-state index contributed by atoms with van der Waals surface area (Å²) in [5, 5.41) is 8.84. The summed E-state index contributed by atoms with van der Waals surface area (Å²) in [4.78, 5) is 2.09. The summed E-state index contributed by atoms with van der Waals surface area (Å²) in [7, 11) is 2.01. The Labute approximate surface area is 79.8 Å². The summed E-state index contributed by atoms with van der Waals surface area (Å²) >= 11 is 0. The number of nitrogens with zero attached hydrogens (tertiary/aromatic N) is 1. The summed E-state index contributed by atoms with van der Waals surface area (Å²) in [6, 6.07) is 6.24. The molecule has 0 saturated heterocycles. The van der Waals surface area contributed by atoms with Gasteiger partial charge in [-0.1, -0.05) is 18.2 Å². The van der Waals surface area contributed by atoms with Crippen molar-refractivity contribution < 1.29 is 5.11 Å². The van der Waals surface area contributed by atoms with Crippen LogP contribution in [-0.4, -0.2) is 25.3 Å². The molecule has 1 aromatic rings. The molecule has 1 N–H and O–H groups in total. The monoisotopic (exact) mass is 179 g/mol. The predicted octanol–water partition coefficient (Wildman–Crippen LogP) is 1.73. The van der Waals surface area contributed by atoms with Crippen LogP contribution in [0.3, 0.4) is 0 Å². The standard InChI is InChI=1S/C11H17NO/c1-9-5-4-6-10(2)11(9)12(3)7-8-13/h4-6,13H,7-8H2,1-3H3. The van der Waals surface area contributed by atoms with Gasteiger partial charge in [0.05, 0.1) is 6.61 Å². The molecule has 0 fully saturated rings. The first kappa shape index (κ1) is 10.1. The first-order valence-electron chi connectivity index (χ1n) is 4.55. The van der Waals surface area contributed by atoms with Crippen LogP contribution >= 0.6 is 0 Å². The van der Waals surface area contributed by atoms with Gasteiger partial charge in [0.1, 0.15) is 0 Å². The number of hydrogen-bond acceptors (Lipinski definition) is 2. The molecule has 13 heavy (non-hydrogen) atoms. The van der Waals surface area contributed by atoms with Crippen LogP contribution < -0.4 is 4.90 Å². The van der Waals surface area contributed by atoms with Crippen molar-refractivity contribution in [3.63, 3.8) is 0 Å². The number of hydrogen-bond donors (Lipinski definition) is 1. The van der Waals surface area contributed by atoms with E-state index < -0.39 is 0 Å². The van der Waals surface area contributed by atoms with Crippen molar-refractivity contribution in [1.29, 1.82) is 0 Å². The van der Waals surface area contributed by atoms with Gasteiger partial charge < -0.3 is 10.0 Å². The van der Waals surface area contributed by atoms with Crippen LogP contribution in [0.15, 0.2) is 18.2 Å². The fraction of sp³-hybridized carbons (Fsp3) is 0.455. The number of para-hydroxylation sites is 1. The quantitative estimate of drug-likeness (QED) is 0.764. The van der Waals surface area contributed by atoms with Gasteiger partial charge in [-0.05, 0) is 25.0 Å². The molecule has 0 heterocycles. The highest BCUT2D eigenvalue weighted by atomic mass is 16.3. The minimum atomic E-state index is 0.199. The highest BCUT2D eigenvalue weighted by Crippen LogP contribution is 2.22. The second-order valence-electron chi connectivity index (χ2n) is 3.39. The second-order valence-corrected chi connectivity index (χ2v) is 3.39. The molecule has 2 nitrogen and oxygen atoms in total. The maximum absolute atomic E-state index is 8.84. The molecule has 0 aliphatic carbocycles. The van der Waals surface area contributed by atoms with Crippen LogP contribution in [0, 0.1) is 13.8 Å². The number of benzene rings is 1. The Morgan fingerprint density at radius 1 is 1.23 bits per heavy atom. The van der Waals surface area contributed by atoms with E-state index in [1.165, 1.54) is 16.8 Å². The number of aliphatic hydroxyl groups excluding tert-OH is 1. The molecule has 0 saturated carbocycles. The van der Waals surface area contributed by atoms with Crippen LogP contribution in [0.2, 0.25) is 0 Å². The average Bonchev–Trinajstić information content (AvgIpc) is 2.04. The molecule has 0 atom stereocenters. The zero-order valence-corrected chi connectivity index (χ0v) is 8.54. The van der Waals surface area contributed by atoms with E-state index in [9.17, 15) is 0 Å². The van der Waals surface area contributed by atoms with Gasteiger partial charge in [0.25, 0.3) is 0 Å². The first-order valence-corrected chi connectivity index (χ1v) is 4.55. The largest absolute Gasteiger partial charge is 0.395 e. The smallest absolute Gasteiger partial charge is 0.0606 e. The minimum Gasteiger partial charge on any atom is -0.395 e. The van der Waals surface area contributed by atoms with E-state index in [0.717, 1.165) is 0 Å². The van der Waals surface area contributed by atoms with Gasteiger partial charge in [-0.15, -0.1) is 0 Å². The molecule has 0 bridgehead atoms. The molecule has 0 amide bonds. The van der Waals surface area contributed by atoms with E-state index in [1.54, 1.807) is 0 Å². The first-order chi connectivity index (χ1) is 6.16. The lowest BCUT2D eigenvalue weighted by Gasteiger charge is -2.22. The van der Waals surface area contributed by atoms with Crippen molar-refractivity contribution in [2.45, 2.75) is 13.8 Å². The zero-order valence-electron chi connectivity index (χ0n) is 8.54. The van der Waals surface area contributed by atoms with Gasteiger partial charge in [-0.3, -0.25) is 0 Å². The van der Waals surface area contributed by atoms with E-state index in [-0.39, 0.29) is 6.61 Å². The third kappa shape index (κ3) is 2.22. The van der Waals surface area contributed by atoms with Gasteiger partial charge in [0.15, 0.2) is 0 Å². The minimum absolute atomic E-state index is 0.199. The second kappa shape index (κ2) is 4.28. The van der Waals surface area contributed by atoms with Gasteiger partial charge in [-0.25, -0.2) is 0 Å². The normalized spacial score (nSPS) is 10.2. The SMILES string of the molecule is Cc1cccc(C)c1N(C)CCO. The molecule has 0 radical (unpaired) electrons. The lowest BCUT2D eigenvalue weighted by molar-refractivity contribution is 0.304. The predicted molar refractivity (Wildman–Crippen MR) is 56.3 cm³/mol. The van der Waals surface area contributed by atoms with E-state index >= 15 is 0 Å². The topological polar surface area (TPSA) is 23.5 Å². The molecule has 0 aliphatic heterocycles. The summed E-state index contributed by atoms with van der Waals surface area (Å²) < 4.78 is 0. The Hall–Kier alpha value is -1.02. The molecule has 0 aromatic heterocycles. The number of aryl methyl sites for hydroxylation is 2. The maximum atomic E-state index is 8.84. The molecular formula is C11H17NO. The third-order valence-corrected chi connectivity index (χ3v) is 2.26. The fourth-order valence-corrected chi connectivity index (χ4v) is 1.67. The van der Waals surface area contributed by atoms with Crippen molar-refractivity contribution in [2.24, 2.45) is 0 Å². The third-order valence-electron chi connectivity index (χ3n) is 2.26. The number of anilines is 1. The molecule has 2 heteroatoms. The Bertz CT molecular complexity index is 263. The van der Waals surface area contributed by atoms with Gasteiger partial charge >= 0.3 is 0 Å². The van der Waals surface area contributed by atoms with Crippen LogP contribution in [0.25, 0.3) is 0 Å². The number of rotatable bonds is 3. The zero-order chi connectivity index (χ0) is 9.84. The Kier molecular flexibility index (Phi) is 3.32. The van der Waals surface area contributed by atoms with Crippen LogP contribution in [0.1, 0.15) is 11.1 Å². The molecule has 0 aliphatic rings. The summed E-state index contributed by atoms with van der Waals surface area (Å²) in [6.07, 6.45) is 0. The maximum Gasteiger partial charge on any atom is 0.0606 e. The molecule has 1 rings (SSSR count). The number of aliphatic hydroxyl groups is 1. The van der Waals surface area contributed by atoms with Gasteiger partial charge in [0, 0.05) is 19.3 Å². The van der Waals surface area contributed by atoms with Crippen LogP contribution in [-0.2, 0) is 0 Å². The summed E-state index contributed by atoms with van der Waals surface area (Å²) in [5.41, 5.74) is 3.75. The molecule has 0 unspecified atom stereocenters. The highest BCUT2D eigenvalue weighted by molar-refractivity contribution is 5.58. The average molecular weight is 179 g/mol. The van der Waals surface area contributed by atoms with Crippen molar-refractivity contribution in [1.82, 2.24) is 0 Å². The van der Waals surface area contributed by atoms with Crippen LogP contribution in [0.4, 0.5) is 5.69 Å². The van der Waals surface area contributed by atoms with E-state index in [4.69, 9.17) is 5.11 Å². The Morgan fingerprint density at radius 2 is 1.77 bits per heavy atom. The van der Waals surface area contributed by atoms with Gasteiger partial charge in [0.2, 0.25) is 0 Å². The molecule has 0 spiro atoms. The summed E-state index contributed by atoms with van der Waals surface area (Å²) in [6.45, 7) is 5.07. The van der Waals surface area contributed by atoms with E-state index in [0.29, 0.717) is 6.54 Å². The lowest BCUT2D eigenvalue weighted by atomic mass is 10.1. The fourth-order valence-electron chi connectivity index (χ4n) is 1.67. The molecule has 1 aromatic carbocycles. The van der Waals surface area contributed by atoms with Gasteiger partial charge in [-0.2, -0.15) is 0 Å². The van der Waals surface area contributed by atoms with Crippen molar-refractivity contribution in [2.75, 3.05) is 25.1 Å². The molecule has 72 valence electrons. The Morgan fingerprint density at radius 3 is 2.23 bits per heavy atom. The summed E-state index contributed by atoms with van der Waals surface area (Å²) in [5.74, 6) is 0. The van der Waals surface area contributed by atoms with E-state index in [1.807, 2.05) is 7.05 Å². The van der Waals surface area contributed by atoms with E-state index in [2.05, 4.69) is 36.9 Å². The molecular weight excluding hydrogens is 162 g/mol. The van der Waals surface area contributed by atoms with Crippen molar-refractivity contribution in [3.05, 3.63) is 29.3 Å². The lowest BCUT2D eigenvalue weighted by Crippen LogP contribution is -2.22. The van der Waals surface area contributed by atoms with Crippen LogP contribution in [0.5, 0.6) is 0 Å². The van der Waals surface area contributed by atoms with Crippen molar-refractivity contribution >= 4 is 5.69 Å². The number of likely N-dealkylation sites (N-methyl/N-ethyl adjacent to an activating group) is 1. The Balaban J connectivity index is 2.98. The highest BCUT2D eigenvalue weighted by Gasteiger charge is 2.05.